The number of ether oxygens (including phenoxy) is 1. The summed E-state index contributed by atoms with van der Waals surface area (Å²) in [4.78, 5) is 16.5. The van der Waals surface area contributed by atoms with Gasteiger partial charge in [0.1, 0.15) is 5.75 Å². The van der Waals surface area contributed by atoms with Crippen LogP contribution in [-0.2, 0) is 11.3 Å². The van der Waals surface area contributed by atoms with Crippen LogP contribution in [-0.4, -0.2) is 19.1 Å². The SMILES string of the molecule is CCONC(=O)c1cccc2c1CCO2. The van der Waals surface area contributed by atoms with Gasteiger partial charge in [0.15, 0.2) is 0 Å². The lowest BCUT2D eigenvalue weighted by molar-refractivity contribution is 0.0364. The van der Waals surface area contributed by atoms with Crippen molar-refractivity contribution in [3.8, 4) is 5.75 Å². The fourth-order valence-electron chi connectivity index (χ4n) is 1.63. The molecule has 0 fully saturated rings. The van der Waals surface area contributed by atoms with E-state index in [9.17, 15) is 4.79 Å². The Bertz CT molecular complexity index is 376. The largest absolute Gasteiger partial charge is 0.493 e. The molecule has 0 saturated heterocycles. The van der Waals surface area contributed by atoms with Crippen LogP contribution in [0.25, 0.3) is 0 Å². The molecule has 0 saturated carbocycles. The van der Waals surface area contributed by atoms with Crippen LogP contribution < -0.4 is 10.2 Å². The van der Waals surface area contributed by atoms with Crippen LogP contribution in [0.15, 0.2) is 18.2 Å². The molecule has 0 aromatic heterocycles. The molecule has 4 heteroatoms. The first kappa shape index (κ1) is 9.98. The monoisotopic (exact) mass is 207 g/mol. The topological polar surface area (TPSA) is 47.6 Å². The number of hydroxylamine groups is 1. The molecule has 0 bridgehead atoms. The molecule has 1 aromatic rings. The van der Waals surface area contributed by atoms with Gasteiger partial charge in [-0.05, 0) is 19.1 Å². The van der Waals surface area contributed by atoms with Crippen molar-refractivity contribution in [2.75, 3.05) is 13.2 Å². The number of hydrogen-bond acceptors (Lipinski definition) is 3. The van der Waals surface area contributed by atoms with Gasteiger partial charge in [0.2, 0.25) is 0 Å². The van der Waals surface area contributed by atoms with Gasteiger partial charge in [-0.2, -0.15) is 0 Å². The Kier molecular flexibility index (Phi) is 2.87. The number of hydrogen-bond donors (Lipinski definition) is 1. The summed E-state index contributed by atoms with van der Waals surface area (Å²) in [5, 5.41) is 0. The average molecular weight is 207 g/mol. The van der Waals surface area contributed by atoms with Crippen molar-refractivity contribution in [1.82, 2.24) is 5.48 Å². The minimum Gasteiger partial charge on any atom is -0.493 e. The smallest absolute Gasteiger partial charge is 0.275 e. The predicted molar refractivity (Wildman–Crippen MR) is 54.7 cm³/mol. The summed E-state index contributed by atoms with van der Waals surface area (Å²) in [6.45, 7) is 2.92. The van der Waals surface area contributed by atoms with Crippen LogP contribution in [0.3, 0.4) is 0 Å². The lowest BCUT2D eigenvalue weighted by Gasteiger charge is -2.07. The van der Waals surface area contributed by atoms with Crippen molar-refractivity contribution in [1.29, 1.82) is 0 Å². The predicted octanol–water partition coefficient (Wildman–Crippen LogP) is 1.30. The fraction of sp³-hybridized carbons (Fsp3) is 0.364. The van der Waals surface area contributed by atoms with Crippen LogP contribution in [0.2, 0.25) is 0 Å². The summed E-state index contributed by atoms with van der Waals surface area (Å²) in [6, 6.07) is 5.46. The Labute approximate surface area is 88.1 Å². The van der Waals surface area contributed by atoms with Gasteiger partial charge in [-0.3, -0.25) is 9.63 Å². The summed E-state index contributed by atoms with van der Waals surface area (Å²) in [7, 11) is 0. The molecule has 1 aliphatic rings. The maximum atomic E-state index is 11.7. The Morgan fingerprint density at radius 3 is 3.27 bits per heavy atom. The first-order valence-electron chi connectivity index (χ1n) is 4.99. The molecule has 0 spiro atoms. The number of nitrogens with one attached hydrogen (secondary N) is 1. The van der Waals surface area contributed by atoms with Crippen LogP contribution in [0.4, 0.5) is 0 Å². The number of carbonyl (C=O) groups excluding carboxylic acids is 1. The molecule has 4 nitrogen and oxygen atoms in total. The van der Waals surface area contributed by atoms with E-state index in [0.29, 0.717) is 18.8 Å². The molecule has 0 radical (unpaired) electrons. The highest BCUT2D eigenvalue weighted by atomic mass is 16.6. The minimum atomic E-state index is -0.209. The van der Waals surface area contributed by atoms with E-state index in [1.165, 1.54) is 0 Å². The minimum absolute atomic E-state index is 0.209. The molecule has 0 unspecified atom stereocenters. The second-order valence-corrected chi connectivity index (χ2v) is 3.24. The number of rotatable bonds is 3. The first-order chi connectivity index (χ1) is 7.33. The van der Waals surface area contributed by atoms with E-state index in [4.69, 9.17) is 9.57 Å². The van der Waals surface area contributed by atoms with Crippen molar-refractivity contribution in [2.24, 2.45) is 0 Å². The number of benzene rings is 1. The zero-order valence-electron chi connectivity index (χ0n) is 8.58. The fourth-order valence-corrected chi connectivity index (χ4v) is 1.63. The molecule has 1 aromatic carbocycles. The quantitative estimate of drug-likeness (QED) is 0.760. The Morgan fingerprint density at radius 1 is 1.60 bits per heavy atom. The van der Waals surface area contributed by atoms with Crippen molar-refractivity contribution in [3.05, 3.63) is 29.3 Å². The summed E-state index contributed by atoms with van der Waals surface area (Å²) >= 11 is 0. The third-order valence-electron chi connectivity index (χ3n) is 2.30. The number of carbonyl (C=O) groups is 1. The zero-order valence-corrected chi connectivity index (χ0v) is 8.58. The third-order valence-corrected chi connectivity index (χ3v) is 2.30. The van der Waals surface area contributed by atoms with Crippen LogP contribution in [0, 0.1) is 0 Å². The van der Waals surface area contributed by atoms with Gasteiger partial charge < -0.3 is 4.74 Å². The summed E-state index contributed by atoms with van der Waals surface area (Å²) in [5.74, 6) is 0.596. The molecular weight excluding hydrogens is 194 g/mol. The van der Waals surface area contributed by atoms with Crippen molar-refractivity contribution >= 4 is 5.91 Å². The molecule has 2 rings (SSSR count). The maximum Gasteiger partial charge on any atom is 0.275 e. The number of fused-ring (bicyclic) bond motifs is 1. The van der Waals surface area contributed by atoms with E-state index < -0.39 is 0 Å². The van der Waals surface area contributed by atoms with Crippen LogP contribution in [0.1, 0.15) is 22.8 Å². The highest BCUT2D eigenvalue weighted by Crippen LogP contribution is 2.27. The highest BCUT2D eigenvalue weighted by molar-refractivity contribution is 5.95. The highest BCUT2D eigenvalue weighted by Gasteiger charge is 2.19. The van der Waals surface area contributed by atoms with Crippen molar-refractivity contribution in [3.63, 3.8) is 0 Å². The average Bonchev–Trinajstić information content (AvgIpc) is 2.73. The lowest BCUT2D eigenvalue weighted by Crippen LogP contribution is -2.24. The van der Waals surface area contributed by atoms with Gasteiger partial charge >= 0.3 is 0 Å². The molecule has 1 heterocycles. The van der Waals surface area contributed by atoms with E-state index in [0.717, 1.165) is 17.7 Å². The molecule has 1 N–H and O–H groups in total. The summed E-state index contributed by atoms with van der Waals surface area (Å²) in [6.07, 6.45) is 0.783. The van der Waals surface area contributed by atoms with E-state index in [2.05, 4.69) is 5.48 Å². The van der Waals surface area contributed by atoms with E-state index in [-0.39, 0.29) is 5.91 Å². The molecular formula is C11H13NO3. The molecule has 0 atom stereocenters. The zero-order chi connectivity index (χ0) is 10.7. The molecule has 1 aliphatic heterocycles. The molecule has 1 amide bonds. The van der Waals surface area contributed by atoms with E-state index in [1.807, 2.05) is 19.1 Å². The summed E-state index contributed by atoms with van der Waals surface area (Å²) in [5.41, 5.74) is 3.99. The second kappa shape index (κ2) is 4.31. The maximum absolute atomic E-state index is 11.7. The standard InChI is InChI=1S/C11H13NO3/c1-2-15-12-11(13)9-4-3-5-10-8(9)6-7-14-10/h3-5H,2,6-7H2,1H3,(H,12,13). The second-order valence-electron chi connectivity index (χ2n) is 3.24. The lowest BCUT2D eigenvalue weighted by atomic mass is 10.1. The van der Waals surface area contributed by atoms with Crippen LogP contribution >= 0.6 is 0 Å². The molecule has 80 valence electrons. The van der Waals surface area contributed by atoms with Crippen molar-refractivity contribution in [2.45, 2.75) is 13.3 Å². The first-order valence-corrected chi connectivity index (χ1v) is 4.99. The molecule has 15 heavy (non-hydrogen) atoms. The van der Waals surface area contributed by atoms with Crippen LogP contribution in [0.5, 0.6) is 5.75 Å². The van der Waals surface area contributed by atoms with Gasteiger partial charge in [0, 0.05) is 17.5 Å². The normalized spacial score (nSPS) is 13.1. The third kappa shape index (κ3) is 1.94. The van der Waals surface area contributed by atoms with Gasteiger partial charge in [-0.25, -0.2) is 5.48 Å². The Balaban J connectivity index is 2.21. The number of amides is 1. The van der Waals surface area contributed by atoms with Gasteiger partial charge in [0.25, 0.3) is 5.91 Å². The van der Waals surface area contributed by atoms with Gasteiger partial charge in [-0.15, -0.1) is 0 Å². The van der Waals surface area contributed by atoms with E-state index in [1.54, 1.807) is 6.07 Å². The Morgan fingerprint density at radius 2 is 2.47 bits per heavy atom. The van der Waals surface area contributed by atoms with Gasteiger partial charge in [0.05, 0.1) is 13.2 Å². The Hall–Kier alpha value is -1.55. The van der Waals surface area contributed by atoms with Crippen molar-refractivity contribution < 1.29 is 14.4 Å². The van der Waals surface area contributed by atoms with E-state index >= 15 is 0 Å². The van der Waals surface area contributed by atoms with Gasteiger partial charge in [-0.1, -0.05) is 6.07 Å². The molecule has 0 aliphatic carbocycles. The summed E-state index contributed by atoms with van der Waals surface area (Å²) < 4.78 is 5.37.